The first kappa shape index (κ1) is 33.7. The van der Waals surface area contributed by atoms with E-state index >= 15 is 0 Å². The van der Waals surface area contributed by atoms with Crippen molar-refractivity contribution in [1.82, 2.24) is 29.8 Å². The number of rotatable bonds is 8. The Balaban J connectivity index is 0.979. The van der Waals surface area contributed by atoms with Gasteiger partial charge < -0.3 is 30.7 Å². The minimum Gasteiger partial charge on any atom is -0.446 e. The van der Waals surface area contributed by atoms with Crippen LogP contribution in [0.25, 0.3) is 0 Å². The summed E-state index contributed by atoms with van der Waals surface area (Å²) in [5.41, 5.74) is 11.7. The van der Waals surface area contributed by atoms with Crippen LogP contribution in [0.2, 0.25) is 0 Å². The Kier molecular flexibility index (Phi) is 13.2. The van der Waals surface area contributed by atoms with Crippen LogP contribution >= 0.6 is 0 Å². The molecule has 44 heavy (non-hydrogen) atoms. The van der Waals surface area contributed by atoms with E-state index in [-0.39, 0.29) is 24.4 Å². The Labute approximate surface area is 265 Å². The number of amides is 2. The van der Waals surface area contributed by atoms with E-state index < -0.39 is 0 Å². The molecule has 5 fully saturated rings. The number of carbonyl (C=O) groups excluding carboxylic acids is 2. The highest BCUT2D eigenvalue weighted by molar-refractivity contribution is 5.68. The zero-order valence-electron chi connectivity index (χ0n) is 27.2. The molecule has 2 unspecified atom stereocenters. The number of piperidine rings is 2. The summed E-state index contributed by atoms with van der Waals surface area (Å²) in [7, 11) is 0. The van der Waals surface area contributed by atoms with Gasteiger partial charge in [-0.1, -0.05) is 12.8 Å². The first-order valence-electron chi connectivity index (χ1n) is 17.9. The molecule has 0 radical (unpaired) electrons. The van der Waals surface area contributed by atoms with Crippen molar-refractivity contribution < 1.29 is 19.1 Å². The van der Waals surface area contributed by atoms with Gasteiger partial charge in [-0.05, 0) is 90.1 Å². The average Bonchev–Trinajstić information content (AvgIpc) is 3.04. The van der Waals surface area contributed by atoms with E-state index in [4.69, 9.17) is 20.9 Å². The summed E-state index contributed by atoms with van der Waals surface area (Å²) in [6, 6.07) is 1.07. The Hall–Kier alpha value is -1.70. The lowest BCUT2D eigenvalue weighted by Crippen LogP contribution is -2.59. The molecule has 4 heterocycles. The molecular weight excluding hydrogens is 560 g/mol. The quantitative estimate of drug-likeness (QED) is 0.419. The third-order valence-electron chi connectivity index (χ3n) is 10.6. The third kappa shape index (κ3) is 9.19. The number of nitrogens with zero attached hydrogens (tertiary/aromatic N) is 6. The molecule has 2 amide bonds. The maximum Gasteiger partial charge on any atom is 0.410 e. The molecule has 5 aliphatic rings. The van der Waals surface area contributed by atoms with Crippen molar-refractivity contribution in [1.29, 1.82) is 0 Å². The lowest BCUT2D eigenvalue weighted by Gasteiger charge is -2.46. The van der Waals surface area contributed by atoms with Crippen molar-refractivity contribution >= 4 is 12.2 Å². The lowest BCUT2D eigenvalue weighted by molar-refractivity contribution is -0.101. The largest absolute Gasteiger partial charge is 0.446 e. The fraction of sp³-hybridized carbons (Fsp3) is 0.938. The molecule has 0 bridgehead atoms. The molecule has 5 rings (SSSR count). The Morgan fingerprint density at radius 2 is 0.886 bits per heavy atom. The molecule has 4 saturated heterocycles. The summed E-state index contributed by atoms with van der Waals surface area (Å²) in [4.78, 5) is 29.8. The van der Waals surface area contributed by atoms with Crippen molar-refractivity contribution in [2.75, 3.05) is 78.5 Å². The van der Waals surface area contributed by atoms with Crippen LogP contribution in [0.15, 0.2) is 0 Å². The Morgan fingerprint density at radius 1 is 0.500 bits per heavy atom. The fourth-order valence-corrected chi connectivity index (χ4v) is 8.06. The minimum atomic E-state index is -0.173. The van der Waals surface area contributed by atoms with Crippen molar-refractivity contribution in [3.8, 4) is 0 Å². The van der Waals surface area contributed by atoms with E-state index in [0.29, 0.717) is 38.3 Å². The molecule has 1 aliphatic carbocycles. The molecule has 1 saturated carbocycles. The maximum atomic E-state index is 13.0. The number of carbonyl (C=O) groups is 2. The first-order chi connectivity index (χ1) is 21.6. The summed E-state index contributed by atoms with van der Waals surface area (Å²) in [6.07, 6.45) is 14.2. The van der Waals surface area contributed by atoms with Gasteiger partial charge in [-0.15, -0.1) is 0 Å². The van der Waals surface area contributed by atoms with Crippen LogP contribution in [0.1, 0.15) is 89.9 Å². The standard InChI is InChI=1S/C32H60N8O4/c33-15-13-27-7-1-3-17-39(27)37-23-19-35(20-24-37)31(41)43-29-9-5-11-30(12-6-10-29)44-32(42)36-21-25-38(26-22-36)40-18-4-2-8-28(40)14-16-34/h27-30H,1-26,33-34H2/t27?,28?,29-,30+. The summed E-state index contributed by atoms with van der Waals surface area (Å²) in [5, 5.41) is 9.92. The zero-order valence-corrected chi connectivity index (χ0v) is 27.2. The van der Waals surface area contributed by atoms with Gasteiger partial charge in [-0.3, -0.25) is 0 Å². The number of hydrogen-bond donors (Lipinski definition) is 2. The third-order valence-corrected chi connectivity index (χ3v) is 10.6. The maximum absolute atomic E-state index is 13.0. The monoisotopic (exact) mass is 620 g/mol. The van der Waals surface area contributed by atoms with Gasteiger partial charge in [-0.25, -0.2) is 29.6 Å². The van der Waals surface area contributed by atoms with Crippen LogP contribution in [0.5, 0.6) is 0 Å². The van der Waals surface area contributed by atoms with Crippen LogP contribution in [0.3, 0.4) is 0 Å². The predicted molar refractivity (Wildman–Crippen MR) is 171 cm³/mol. The van der Waals surface area contributed by atoms with E-state index in [0.717, 1.165) is 104 Å². The van der Waals surface area contributed by atoms with E-state index in [1.807, 2.05) is 9.80 Å². The summed E-state index contributed by atoms with van der Waals surface area (Å²) in [5.74, 6) is 0. The van der Waals surface area contributed by atoms with E-state index in [2.05, 4.69) is 20.0 Å². The number of hydrazine groups is 2. The van der Waals surface area contributed by atoms with Gasteiger partial charge in [0, 0.05) is 77.5 Å². The predicted octanol–water partition coefficient (Wildman–Crippen LogP) is 2.82. The average molecular weight is 621 g/mol. The second kappa shape index (κ2) is 17.3. The van der Waals surface area contributed by atoms with Crippen LogP contribution in [-0.2, 0) is 9.47 Å². The molecule has 4 aliphatic heterocycles. The van der Waals surface area contributed by atoms with Crippen LogP contribution < -0.4 is 11.5 Å². The molecular formula is C32H60N8O4. The van der Waals surface area contributed by atoms with Gasteiger partial charge in [-0.2, -0.15) is 0 Å². The van der Waals surface area contributed by atoms with E-state index in [1.54, 1.807) is 0 Å². The fourth-order valence-electron chi connectivity index (χ4n) is 8.06. The number of hydrogen-bond acceptors (Lipinski definition) is 10. The second-order valence-electron chi connectivity index (χ2n) is 13.5. The zero-order chi connectivity index (χ0) is 30.7. The molecule has 12 heteroatoms. The van der Waals surface area contributed by atoms with Crippen molar-refractivity contribution in [3.05, 3.63) is 0 Å². The van der Waals surface area contributed by atoms with Gasteiger partial charge in [0.2, 0.25) is 0 Å². The second-order valence-corrected chi connectivity index (χ2v) is 13.5. The van der Waals surface area contributed by atoms with Gasteiger partial charge in [0.25, 0.3) is 0 Å². The molecule has 4 N–H and O–H groups in total. The number of piperazine rings is 2. The molecule has 252 valence electrons. The molecule has 0 spiro atoms. The molecule has 0 aromatic rings. The van der Waals surface area contributed by atoms with Gasteiger partial charge in [0.05, 0.1) is 0 Å². The van der Waals surface area contributed by atoms with Crippen molar-refractivity contribution in [3.63, 3.8) is 0 Å². The van der Waals surface area contributed by atoms with Crippen LogP contribution in [0, 0.1) is 0 Å². The molecule has 0 aromatic heterocycles. The molecule has 2 atom stereocenters. The Morgan fingerprint density at radius 3 is 1.25 bits per heavy atom. The van der Waals surface area contributed by atoms with Gasteiger partial charge in [0.15, 0.2) is 0 Å². The van der Waals surface area contributed by atoms with Gasteiger partial charge >= 0.3 is 12.2 Å². The van der Waals surface area contributed by atoms with Gasteiger partial charge in [0.1, 0.15) is 12.2 Å². The summed E-state index contributed by atoms with van der Waals surface area (Å²) in [6.45, 7) is 9.89. The first-order valence-corrected chi connectivity index (χ1v) is 17.9. The Bertz CT molecular complexity index is 800. The van der Waals surface area contributed by atoms with Crippen molar-refractivity contribution in [2.45, 2.75) is 114 Å². The number of nitrogens with two attached hydrogens (primary N) is 2. The summed E-state index contributed by atoms with van der Waals surface area (Å²) >= 11 is 0. The molecule has 12 nitrogen and oxygen atoms in total. The molecule has 0 aromatic carbocycles. The van der Waals surface area contributed by atoms with E-state index in [9.17, 15) is 9.59 Å². The topological polar surface area (TPSA) is 124 Å². The summed E-state index contributed by atoms with van der Waals surface area (Å²) < 4.78 is 12.0. The SMILES string of the molecule is NCCC1CCCCN1N1CCN(C(=O)O[C@H]2CCC[C@@H](OC(=O)N3CCN(N4CCCCC4CCN)CC3)CCC2)CC1. The number of ether oxygens (including phenoxy) is 2. The highest BCUT2D eigenvalue weighted by Gasteiger charge is 2.34. The van der Waals surface area contributed by atoms with E-state index in [1.165, 1.54) is 38.5 Å². The highest BCUT2D eigenvalue weighted by atomic mass is 16.6. The normalized spacial score (nSPS) is 30.9. The minimum absolute atomic E-state index is 0.0563. The lowest BCUT2D eigenvalue weighted by atomic mass is 9.96. The smallest absolute Gasteiger partial charge is 0.410 e. The van der Waals surface area contributed by atoms with Crippen LogP contribution in [0.4, 0.5) is 9.59 Å². The highest BCUT2D eigenvalue weighted by Crippen LogP contribution is 2.26. The van der Waals surface area contributed by atoms with Crippen LogP contribution in [-0.4, -0.2) is 145 Å². The van der Waals surface area contributed by atoms with Crippen molar-refractivity contribution in [2.24, 2.45) is 11.5 Å².